The Morgan fingerprint density at radius 1 is 1.18 bits per heavy atom. The molecule has 0 bridgehead atoms. The molecule has 98 valence electrons. The second-order valence-corrected chi connectivity index (χ2v) is 4.19. The lowest BCUT2D eigenvalue weighted by Crippen LogP contribution is -2.05. The Kier molecular flexibility index (Phi) is 6.36. The van der Waals surface area contributed by atoms with Gasteiger partial charge in [-0.05, 0) is 6.42 Å². The zero-order valence-electron chi connectivity index (χ0n) is 9.28. The topological polar surface area (TPSA) is 189 Å². The lowest BCUT2D eigenvalue weighted by Gasteiger charge is -2.02. The van der Waals surface area contributed by atoms with Crippen molar-refractivity contribution in [2.45, 2.75) is 13.3 Å². The molecule has 0 aromatic carbocycles. The van der Waals surface area contributed by atoms with Crippen LogP contribution in [0.4, 0.5) is 17.8 Å². The van der Waals surface area contributed by atoms with E-state index in [0.717, 1.165) is 0 Å². The van der Waals surface area contributed by atoms with E-state index in [-0.39, 0.29) is 24.5 Å². The summed E-state index contributed by atoms with van der Waals surface area (Å²) in [6.45, 7) is 2.07. The highest BCUT2D eigenvalue weighted by molar-refractivity contribution is 7.50. The summed E-state index contributed by atoms with van der Waals surface area (Å²) in [6, 6.07) is 0. The maximum Gasteiger partial charge on any atom is 0.400 e. The average Bonchev–Trinajstić information content (AvgIpc) is 2.12. The van der Waals surface area contributed by atoms with Crippen LogP contribution in [0, 0.1) is 0 Å². The van der Waals surface area contributed by atoms with Crippen LogP contribution in [0.25, 0.3) is 0 Å². The van der Waals surface area contributed by atoms with Crippen LogP contribution in [0.2, 0.25) is 0 Å². The lowest BCUT2D eigenvalue weighted by atomic mass is 10.5. The van der Waals surface area contributed by atoms with E-state index in [1.54, 1.807) is 0 Å². The highest BCUT2D eigenvalue weighted by Gasteiger charge is 2.08. The van der Waals surface area contributed by atoms with Crippen molar-refractivity contribution in [1.82, 2.24) is 15.0 Å². The molecule has 1 aromatic rings. The van der Waals surface area contributed by atoms with Crippen LogP contribution in [-0.4, -0.2) is 26.5 Å². The molecule has 0 amide bonds. The van der Waals surface area contributed by atoms with E-state index >= 15 is 0 Å². The Morgan fingerprint density at radius 3 is 1.71 bits per heavy atom. The third-order valence-electron chi connectivity index (χ3n) is 1.17. The summed E-state index contributed by atoms with van der Waals surface area (Å²) < 4.78 is 14.4. The van der Waals surface area contributed by atoms with E-state index in [1.807, 2.05) is 6.92 Å². The van der Waals surface area contributed by atoms with Gasteiger partial charge in [-0.3, -0.25) is 4.52 Å². The highest BCUT2D eigenvalue weighted by atomic mass is 31.2. The monoisotopic (exact) mass is 265 g/mol. The van der Waals surface area contributed by atoms with Crippen molar-refractivity contribution >= 4 is 25.6 Å². The van der Waals surface area contributed by atoms with Crippen LogP contribution in [0.1, 0.15) is 13.3 Å². The second-order valence-electron chi connectivity index (χ2n) is 2.81. The number of hydrogen-bond acceptors (Lipinski definition) is 8. The molecular formula is C6H16N7O3P. The van der Waals surface area contributed by atoms with E-state index in [0.29, 0.717) is 6.42 Å². The maximum absolute atomic E-state index is 10.1. The van der Waals surface area contributed by atoms with Crippen LogP contribution >= 0.6 is 7.75 Å². The minimum absolute atomic E-state index is 0.0417. The first-order chi connectivity index (χ1) is 7.74. The van der Waals surface area contributed by atoms with Gasteiger partial charge in [0.25, 0.3) is 0 Å². The summed E-state index contributed by atoms with van der Waals surface area (Å²) in [5.74, 6) is 0.125. The van der Waals surface area contributed by atoms with Gasteiger partial charge in [0.1, 0.15) is 0 Å². The van der Waals surface area contributed by atoms with Crippen molar-refractivity contribution in [2.75, 3.05) is 23.8 Å². The summed E-state index contributed by atoms with van der Waals surface area (Å²) in [5, 5.41) is 0. The number of aromatic nitrogens is 3. The minimum Gasteiger partial charge on any atom is -0.368 e. The minimum atomic E-state index is -3.68. The van der Waals surface area contributed by atoms with Crippen molar-refractivity contribution in [3.8, 4) is 0 Å². The largest absolute Gasteiger partial charge is 0.400 e. The van der Waals surface area contributed by atoms with Gasteiger partial charge >= 0.3 is 7.75 Å². The fourth-order valence-corrected chi connectivity index (χ4v) is 1.09. The first-order valence-electron chi connectivity index (χ1n) is 4.53. The lowest BCUT2D eigenvalue weighted by molar-refractivity contribution is 0.260. The van der Waals surface area contributed by atoms with Crippen LogP contribution < -0.4 is 22.7 Å². The van der Waals surface area contributed by atoms with Gasteiger partial charge in [0.15, 0.2) is 0 Å². The van der Waals surface area contributed by atoms with Crippen molar-refractivity contribution in [1.29, 1.82) is 0 Å². The van der Waals surface area contributed by atoms with Crippen molar-refractivity contribution < 1.29 is 14.0 Å². The van der Waals surface area contributed by atoms with Crippen LogP contribution in [0.3, 0.4) is 0 Å². The van der Waals surface area contributed by atoms with E-state index < -0.39 is 7.75 Å². The van der Waals surface area contributed by atoms with Gasteiger partial charge in [0.2, 0.25) is 17.8 Å². The van der Waals surface area contributed by atoms with Crippen molar-refractivity contribution in [3.05, 3.63) is 0 Å². The molecular weight excluding hydrogens is 249 g/mol. The predicted octanol–water partition coefficient (Wildman–Crippen LogP) is -0.910. The maximum atomic E-state index is 10.1. The number of nitrogen functional groups attached to an aromatic ring is 3. The van der Waals surface area contributed by atoms with E-state index in [9.17, 15) is 4.57 Å². The third-order valence-corrected chi connectivity index (χ3v) is 1.72. The van der Waals surface area contributed by atoms with Gasteiger partial charge in [-0.1, -0.05) is 6.92 Å². The van der Waals surface area contributed by atoms with Gasteiger partial charge < -0.3 is 22.1 Å². The standard InChI is InChI=1S/C3H6N6.C3H10NO3P/c4-1-7-2(5)9-3(6)8-1;1-2-3-7-8(4,5)6/h(H6,4,5,6,7,8,9);2-3H2,1H3,(H3,4,5,6). The number of nitrogens with two attached hydrogens (primary N) is 4. The summed E-state index contributed by atoms with van der Waals surface area (Å²) in [6.07, 6.45) is 0.696. The van der Waals surface area contributed by atoms with Gasteiger partial charge in [-0.2, -0.15) is 15.0 Å². The Balaban J connectivity index is 0.000000304. The Labute approximate surface area is 98.0 Å². The molecule has 1 aromatic heterocycles. The molecule has 0 saturated heterocycles. The molecule has 1 atom stereocenters. The molecule has 11 heteroatoms. The number of anilines is 3. The first-order valence-corrected chi connectivity index (χ1v) is 6.17. The Hall–Kier alpha value is -1.48. The fraction of sp³-hybridized carbons (Fsp3) is 0.500. The van der Waals surface area contributed by atoms with E-state index in [2.05, 4.69) is 25.0 Å². The van der Waals surface area contributed by atoms with Gasteiger partial charge in [0.05, 0.1) is 6.61 Å². The average molecular weight is 265 g/mol. The van der Waals surface area contributed by atoms with Crippen LogP contribution in [0.5, 0.6) is 0 Å². The second kappa shape index (κ2) is 6.97. The molecule has 0 fully saturated rings. The Morgan fingerprint density at radius 2 is 1.53 bits per heavy atom. The van der Waals surface area contributed by atoms with Crippen LogP contribution in [0.15, 0.2) is 0 Å². The summed E-state index contributed by atoms with van der Waals surface area (Å²) in [7, 11) is -3.68. The van der Waals surface area contributed by atoms with Crippen molar-refractivity contribution in [2.24, 2.45) is 5.50 Å². The van der Waals surface area contributed by atoms with Gasteiger partial charge in [-0.25, -0.2) is 10.1 Å². The van der Waals surface area contributed by atoms with E-state index in [1.165, 1.54) is 0 Å². The number of nitrogens with zero attached hydrogens (tertiary/aromatic N) is 3. The molecule has 0 spiro atoms. The molecule has 9 N–H and O–H groups in total. The molecule has 0 radical (unpaired) electrons. The fourth-order valence-electron chi connectivity index (χ4n) is 0.649. The van der Waals surface area contributed by atoms with E-state index in [4.69, 9.17) is 22.1 Å². The first kappa shape index (κ1) is 15.5. The zero-order valence-corrected chi connectivity index (χ0v) is 10.2. The smallest absolute Gasteiger partial charge is 0.368 e. The molecule has 0 aliphatic rings. The quantitative estimate of drug-likeness (QED) is 0.427. The highest BCUT2D eigenvalue weighted by Crippen LogP contribution is 2.30. The summed E-state index contributed by atoms with van der Waals surface area (Å²) >= 11 is 0. The zero-order chi connectivity index (χ0) is 13.5. The normalized spacial score (nSPS) is 13.4. The number of hydrogen-bond donors (Lipinski definition) is 5. The molecule has 0 aliphatic heterocycles. The summed E-state index contributed by atoms with van der Waals surface area (Å²) in [4.78, 5) is 18.7. The van der Waals surface area contributed by atoms with Crippen molar-refractivity contribution in [3.63, 3.8) is 0 Å². The number of rotatable bonds is 3. The molecule has 1 rings (SSSR count). The predicted molar refractivity (Wildman–Crippen MR) is 63.3 cm³/mol. The molecule has 0 aliphatic carbocycles. The molecule has 17 heavy (non-hydrogen) atoms. The molecule has 10 nitrogen and oxygen atoms in total. The molecule has 1 heterocycles. The van der Waals surface area contributed by atoms with Gasteiger partial charge in [-0.15, -0.1) is 0 Å². The SMILES string of the molecule is CCCOP(N)(=O)O.Nc1nc(N)nc(N)n1. The molecule has 0 saturated carbocycles. The van der Waals surface area contributed by atoms with Gasteiger partial charge in [0, 0.05) is 0 Å². The molecule has 1 unspecified atom stereocenters. The third kappa shape index (κ3) is 9.45. The van der Waals surface area contributed by atoms with Crippen LogP contribution in [-0.2, 0) is 9.09 Å². The summed E-state index contributed by atoms with van der Waals surface area (Å²) in [5.41, 5.74) is 20.0. The Bertz CT molecular complexity index is 345.